The maximum atomic E-state index is 7.96. The van der Waals surface area contributed by atoms with Gasteiger partial charge in [-0.3, -0.25) is 0 Å². The van der Waals surface area contributed by atoms with E-state index in [1.54, 1.807) is 13.0 Å². The van der Waals surface area contributed by atoms with Gasteiger partial charge in [0.2, 0.25) is 5.69 Å². The van der Waals surface area contributed by atoms with Crippen molar-refractivity contribution in [1.29, 1.82) is 0 Å². The first kappa shape index (κ1) is 10.9. The lowest BCUT2D eigenvalue weighted by molar-refractivity contribution is -0.659. The Hall–Kier alpha value is -2.93. The van der Waals surface area contributed by atoms with Crippen LogP contribution < -0.4 is 4.57 Å². The molecule has 0 unspecified atom stereocenters. The highest BCUT2D eigenvalue weighted by molar-refractivity contribution is 5.96. The van der Waals surface area contributed by atoms with E-state index in [0.717, 1.165) is 27.6 Å². The van der Waals surface area contributed by atoms with Crippen molar-refractivity contribution in [1.82, 2.24) is 0 Å². The fourth-order valence-electron chi connectivity index (χ4n) is 3.48. The minimum absolute atomic E-state index is 0.0298. The van der Waals surface area contributed by atoms with Crippen LogP contribution in [0.4, 0.5) is 0 Å². The van der Waals surface area contributed by atoms with E-state index in [9.17, 15) is 0 Å². The van der Waals surface area contributed by atoms with E-state index in [1.165, 1.54) is 6.07 Å². The first-order chi connectivity index (χ1) is 15.0. The summed E-state index contributed by atoms with van der Waals surface area (Å²) < 4.78 is 49.4. The topological polar surface area (TPSA) is 3.88 Å². The van der Waals surface area contributed by atoms with Gasteiger partial charge in [-0.1, -0.05) is 48.0 Å². The lowest BCUT2D eigenvalue weighted by Crippen LogP contribution is -2.30. The molecule has 0 N–H and O–H groups in total. The van der Waals surface area contributed by atoms with Gasteiger partial charge in [-0.15, -0.1) is 0 Å². The van der Waals surface area contributed by atoms with E-state index in [0.29, 0.717) is 11.1 Å². The number of hydrogen-bond donors (Lipinski definition) is 0. The molecule has 128 valence electrons. The van der Waals surface area contributed by atoms with E-state index in [2.05, 4.69) is 18.2 Å². The zero-order valence-corrected chi connectivity index (χ0v) is 14.9. The van der Waals surface area contributed by atoms with Crippen LogP contribution in [0, 0.1) is 20.6 Å². The van der Waals surface area contributed by atoms with Crippen molar-refractivity contribution in [3.05, 3.63) is 89.6 Å². The molecule has 0 atom stereocenters. The van der Waals surface area contributed by atoms with Crippen molar-refractivity contribution in [2.24, 2.45) is 7.05 Å². The quantitative estimate of drug-likeness (QED) is 0.397. The van der Waals surface area contributed by atoms with Crippen LogP contribution in [0.3, 0.4) is 0 Å². The summed E-state index contributed by atoms with van der Waals surface area (Å²) in [7, 11) is 1.89. The Bertz CT molecular complexity index is 1300. The van der Waals surface area contributed by atoms with E-state index in [1.807, 2.05) is 54.2 Å². The molecule has 1 aromatic heterocycles. The molecule has 0 aliphatic rings. The van der Waals surface area contributed by atoms with Crippen LogP contribution in [0.1, 0.15) is 24.9 Å². The van der Waals surface area contributed by atoms with Crippen molar-refractivity contribution in [2.75, 3.05) is 0 Å². The molecule has 0 bridgehead atoms. The molecule has 3 aromatic carbocycles. The smallest absolute Gasteiger partial charge is 0.200 e. The number of fused-ring (bicyclic) bond motifs is 1. The fraction of sp³-hybridized carbons (Fsp3) is 0.160. The van der Waals surface area contributed by atoms with E-state index < -0.39 is 13.7 Å². The van der Waals surface area contributed by atoms with Crippen LogP contribution in [0.2, 0.25) is 0 Å². The normalized spacial score (nSPS) is 15.5. The number of benzene rings is 3. The second-order valence-corrected chi connectivity index (χ2v) is 6.64. The van der Waals surface area contributed by atoms with Gasteiger partial charge < -0.3 is 0 Å². The molecular weight excluding hydrogens is 314 g/mol. The molecule has 0 saturated carbocycles. The number of nitrogens with zero attached hydrogens (tertiary/aromatic N) is 1. The van der Waals surface area contributed by atoms with Crippen LogP contribution in [-0.2, 0) is 7.05 Å². The predicted octanol–water partition coefficient (Wildman–Crippen LogP) is 5.92. The van der Waals surface area contributed by atoms with E-state index in [4.69, 9.17) is 8.22 Å². The minimum atomic E-state index is -2.41. The SMILES string of the molecule is [2H]C([2H])([2H])c1cc(-c2c3ccc(-c4ccccc4)cc3cc[n+]2C)c(C)c(C([2H])([2H])[2H])c1. The maximum Gasteiger partial charge on any atom is 0.220 e. The van der Waals surface area contributed by atoms with Gasteiger partial charge in [-0.25, -0.2) is 4.57 Å². The van der Waals surface area contributed by atoms with Gasteiger partial charge in [0.05, 0.1) is 10.9 Å². The number of aryl methyl sites for hydroxylation is 3. The molecule has 4 aromatic rings. The summed E-state index contributed by atoms with van der Waals surface area (Å²) in [5.41, 5.74) is 4.25. The molecule has 0 radical (unpaired) electrons. The third-order valence-electron chi connectivity index (χ3n) is 4.91. The molecule has 0 spiro atoms. The predicted molar refractivity (Wildman–Crippen MR) is 110 cm³/mol. The molecule has 1 heterocycles. The van der Waals surface area contributed by atoms with Gasteiger partial charge in [-0.05, 0) is 66.5 Å². The third kappa shape index (κ3) is 2.80. The molecule has 0 fully saturated rings. The zero-order valence-electron chi connectivity index (χ0n) is 20.9. The van der Waals surface area contributed by atoms with E-state index in [-0.39, 0.29) is 11.1 Å². The summed E-state index contributed by atoms with van der Waals surface area (Å²) in [6, 6.07) is 21.2. The van der Waals surface area contributed by atoms with Crippen molar-refractivity contribution in [2.45, 2.75) is 20.6 Å². The van der Waals surface area contributed by atoms with Gasteiger partial charge in [0.1, 0.15) is 7.05 Å². The Morgan fingerprint density at radius 1 is 0.846 bits per heavy atom. The van der Waals surface area contributed by atoms with Crippen LogP contribution in [0.25, 0.3) is 33.2 Å². The van der Waals surface area contributed by atoms with Gasteiger partial charge in [0.15, 0.2) is 6.20 Å². The second-order valence-electron chi connectivity index (χ2n) is 6.64. The number of rotatable bonds is 2. The standard InChI is InChI=1S/C25H24N/c1-17-14-18(2)19(3)24(15-17)25-23-11-10-21(20-8-6-5-7-9-20)16-22(23)12-13-26(25)4/h5-16H,1-4H3/q+1/i1D3,2D3. The zero-order chi connectivity index (χ0) is 23.3. The first-order valence-corrected chi connectivity index (χ1v) is 8.60. The van der Waals surface area contributed by atoms with Crippen molar-refractivity contribution in [3.63, 3.8) is 0 Å². The third-order valence-corrected chi connectivity index (χ3v) is 4.91. The second kappa shape index (κ2) is 6.42. The molecule has 0 aliphatic heterocycles. The summed E-state index contributed by atoms with van der Waals surface area (Å²) >= 11 is 0. The molecule has 26 heavy (non-hydrogen) atoms. The van der Waals surface area contributed by atoms with Crippen LogP contribution in [-0.4, -0.2) is 0 Å². The Morgan fingerprint density at radius 3 is 2.46 bits per heavy atom. The average Bonchev–Trinajstić information content (AvgIpc) is 2.73. The van der Waals surface area contributed by atoms with Gasteiger partial charge in [0.25, 0.3) is 0 Å². The molecule has 0 amide bonds. The molecule has 4 rings (SSSR count). The van der Waals surface area contributed by atoms with Gasteiger partial charge in [-0.2, -0.15) is 0 Å². The summed E-state index contributed by atoms with van der Waals surface area (Å²) in [6.45, 7) is -3.08. The van der Waals surface area contributed by atoms with Crippen molar-refractivity contribution >= 4 is 10.8 Å². The van der Waals surface area contributed by atoms with Crippen molar-refractivity contribution < 1.29 is 12.8 Å². The molecule has 1 nitrogen and oxygen atoms in total. The van der Waals surface area contributed by atoms with Crippen LogP contribution in [0.5, 0.6) is 0 Å². The summed E-state index contributed by atoms with van der Waals surface area (Å²) in [5, 5.41) is 1.92. The highest BCUT2D eigenvalue weighted by Gasteiger charge is 2.18. The lowest BCUT2D eigenvalue weighted by atomic mass is 9.93. The maximum absolute atomic E-state index is 7.96. The van der Waals surface area contributed by atoms with Crippen LogP contribution in [0.15, 0.2) is 72.9 Å². The fourth-order valence-corrected chi connectivity index (χ4v) is 3.48. The van der Waals surface area contributed by atoms with E-state index >= 15 is 0 Å². The summed E-state index contributed by atoms with van der Waals surface area (Å²) in [4.78, 5) is 0. The average molecular weight is 345 g/mol. The van der Waals surface area contributed by atoms with Gasteiger partial charge >= 0.3 is 0 Å². The largest absolute Gasteiger partial charge is 0.220 e. The monoisotopic (exact) mass is 344 g/mol. The highest BCUT2D eigenvalue weighted by atomic mass is 14.9. The number of aromatic nitrogens is 1. The lowest BCUT2D eigenvalue weighted by Gasteiger charge is -2.12. The van der Waals surface area contributed by atoms with Gasteiger partial charge in [0, 0.05) is 14.3 Å². The molecular formula is C25H24N+. The van der Waals surface area contributed by atoms with Crippen molar-refractivity contribution in [3.8, 4) is 22.4 Å². The molecule has 0 saturated heterocycles. The Morgan fingerprint density at radius 2 is 1.69 bits per heavy atom. The summed E-state index contributed by atoms with van der Waals surface area (Å²) in [5.74, 6) is 0. The minimum Gasteiger partial charge on any atom is -0.200 e. The Kier molecular flexibility index (Phi) is 2.70. The molecule has 1 heteroatoms. The highest BCUT2D eigenvalue weighted by Crippen LogP contribution is 2.32. The Labute approximate surface area is 164 Å². The Balaban J connectivity index is 2.02. The molecule has 0 aliphatic carbocycles. The number of pyridine rings is 1. The number of hydrogen-bond acceptors (Lipinski definition) is 0. The summed E-state index contributed by atoms with van der Waals surface area (Å²) in [6.07, 6.45) is 1.92. The van der Waals surface area contributed by atoms with Crippen LogP contribution >= 0.6 is 0 Å². The first-order valence-electron chi connectivity index (χ1n) is 11.6.